The minimum atomic E-state index is 0.241. The normalized spacial score (nSPS) is 14.2. The molecule has 2 aromatic rings. The topological polar surface area (TPSA) is 33.1 Å². The molecule has 0 aliphatic heterocycles. The number of pyridine rings is 1. The smallest absolute Gasteiger partial charge is 0.145 e. The summed E-state index contributed by atoms with van der Waals surface area (Å²) in [5, 5.41) is 11.7. The van der Waals surface area contributed by atoms with Gasteiger partial charge in [-0.05, 0) is 47.6 Å². The Kier molecular flexibility index (Phi) is 5.03. The average molecular weight is 313 g/mol. The third kappa shape index (κ3) is 4.46. The lowest BCUT2D eigenvalue weighted by molar-refractivity contribution is 0.185. The maximum Gasteiger partial charge on any atom is 0.145 e. The summed E-state index contributed by atoms with van der Waals surface area (Å²) in [6.07, 6.45) is 5.02. The fraction of sp³-hybridized carbons (Fsp3) is 0.571. The number of aromatic hydroxyl groups is 1. The summed E-state index contributed by atoms with van der Waals surface area (Å²) in [5.41, 5.74) is 2.32. The molecule has 0 aliphatic carbocycles. The maximum atomic E-state index is 10.7. The highest BCUT2D eigenvalue weighted by Crippen LogP contribution is 2.44. The molecule has 126 valence electrons. The van der Waals surface area contributed by atoms with Gasteiger partial charge in [0.1, 0.15) is 11.3 Å². The number of hydrogen-bond donors (Lipinski definition) is 1. The highest BCUT2D eigenvalue weighted by molar-refractivity contribution is 5.85. The summed E-state index contributed by atoms with van der Waals surface area (Å²) in [7, 11) is 0. The molecule has 2 rings (SSSR count). The Labute approximate surface area is 141 Å². The number of fused-ring (bicyclic) bond motifs is 1. The quantitative estimate of drug-likeness (QED) is 0.704. The lowest BCUT2D eigenvalue weighted by atomic mass is 9.70. The summed E-state index contributed by atoms with van der Waals surface area (Å²) in [5.74, 6) is 0.722. The number of rotatable bonds is 5. The van der Waals surface area contributed by atoms with Crippen molar-refractivity contribution in [1.82, 2.24) is 4.98 Å². The van der Waals surface area contributed by atoms with Crippen LogP contribution in [0, 0.1) is 10.8 Å². The molecule has 0 fully saturated rings. The third-order valence-electron chi connectivity index (χ3n) is 4.52. The van der Waals surface area contributed by atoms with Crippen LogP contribution in [0.25, 0.3) is 10.9 Å². The van der Waals surface area contributed by atoms with Gasteiger partial charge in [0.2, 0.25) is 0 Å². The minimum absolute atomic E-state index is 0.241. The van der Waals surface area contributed by atoms with Gasteiger partial charge in [-0.25, -0.2) is 0 Å². The summed E-state index contributed by atoms with van der Waals surface area (Å²) in [6.45, 7) is 13.8. The number of phenolic OH excluding ortho intramolecular Hbond substituents is 1. The van der Waals surface area contributed by atoms with E-state index < -0.39 is 0 Å². The van der Waals surface area contributed by atoms with Crippen LogP contribution in [0.1, 0.15) is 72.3 Å². The van der Waals surface area contributed by atoms with Gasteiger partial charge in [0.25, 0.3) is 0 Å². The molecule has 1 aromatic carbocycles. The molecule has 0 saturated heterocycles. The van der Waals surface area contributed by atoms with E-state index in [1.165, 1.54) is 6.42 Å². The van der Waals surface area contributed by atoms with Gasteiger partial charge >= 0.3 is 0 Å². The Balaban J connectivity index is 2.33. The zero-order chi connectivity index (χ0) is 17.3. The highest BCUT2D eigenvalue weighted by atomic mass is 16.3. The van der Waals surface area contributed by atoms with Crippen molar-refractivity contribution in [3.63, 3.8) is 0 Å². The fourth-order valence-electron chi connectivity index (χ4n) is 4.12. The van der Waals surface area contributed by atoms with Crippen LogP contribution in [-0.2, 0) is 0 Å². The van der Waals surface area contributed by atoms with Crippen molar-refractivity contribution in [2.75, 3.05) is 0 Å². The molecule has 1 aromatic heterocycles. The second-order valence-electron chi connectivity index (χ2n) is 8.79. The molecule has 0 bridgehead atoms. The first-order valence-corrected chi connectivity index (χ1v) is 8.69. The van der Waals surface area contributed by atoms with Crippen LogP contribution in [0.2, 0.25) is 0 Å². The Morgan fingerprint density at radius 2 is 1.78 bits per heavy atom. The lowest BCUT2D eigenvalue weighted by Crippen LogP contribution is -2.23. The van der Waals surface area contributed by atoms with Gasteiger partial charge in [-0.2, -0.15) is 0 Å². The van der Waals surface area contributed by atoms with E-state index in [9.17, 15) is 5.11 Å². The fourth-order valence-corrected chi connectivity index (χ4v) is 4.12. The van der Waals surface area contributed by atoms with Crippen LogP contribution in [0.3, 0.4) is 0 Å². The Hall–Kier alpha value is -1.57. The van der Waals surface area contributed by atoms with Crippen LogP contribution < -0.4 is 0 Å². The van der Waals surface area contributed by atoms with Gasteiger partial charge in [0, 0.05) is 11.6 Å². The van der Waals surface area contributed by atoms with E-state index in [1.54, 1.807) is 6.20 Å². The van der Waals surface area contributed by atoms with E-state index in [4.69, 9.17) is 0 Å². The molecule has 23 heavy (non-hydrogen) atoms. The van der Waals surface area contributed by atoms with Crippen molar-refractivity contribution >= 4 is 10.9 Å². The lowest BCUT2D eigenvalue weighted by Gasteiger charge is -2.35. The summed E-state index contributed by atoms with van der Waals surface area (Å²) >= 11 is 0. The summed E-state index contributed by atoms with van der Waals surface area (Å²) in [6, 6.07) is 8.07. The van der Waals surface area contributed by atoms with E-state index in [-0.39, 0.29) is 5.41 Å². The van der Waals surface area contributed by atoms with Gasteiger partial charge in [0.15, 0.2) is 0 Å². The monoisotopic (exact) mass is 313 g/mol. The number of hydrogen-bond acceptors (Lipinski definition) is 2. The molecule has 1 atom stereocenters. The van der Waals surface area contributed by atoms with Crippen LogP contribution in [-0.4, -0.2) is 10.1 Å². The SMILES string of the molecule is CCC(CC(C)(C)CC(C)(C)C)c1ccc2cccnc2c1O. The van der Waals surface area contributed by atoms with Crippen molar-refractivity contribution < 1.29 is 5.11 Å². The second-order valence-corrected chi connectivity index (χ2v) is 8.79. The zero-order valence-corrected chi connectivity index (χ0v) is 15.5. The molecule has 2 nitrogen and oxygen atoms in total. The summed E-state index contributed by atoms with van der Waals surface area (Å²) in [4.78, 5) is 4.36. The van der Waals surface area contributed by atoms with E-state index in [0.717, 1.165) is 29.3 Å². The molecule has 1 heterocycles. The van der Waals surface area contributed by atoms with E-state index in [2.05, 4.69) is 58.7 Å². The minimum Gasteiger partial charge on any atom is -0.505 e. The number of phenols is 1. The highest BCUT2D eigenvalue weighted by Gasteiger charge is 2.29. The van der Waals surface area contributed by atoms with E-state index >= 15 is 0 Å². The van der Waals surface area contributed by atoms with Crippen molar-refractivity contribution in [3.8, 4) is 5.75 Å². The molecular weight excluding hydrogens is 282 g/mol. The first-order chi connectivity index (χ1) is 10.6. The largest absolute Gasteiger partial charge is 0.505 e. The molecule has 0 saturated carbocycles. The van der Waals surface area contributed by atoms with Gasteiger partial charge in [-0.3, -0.25) is 4.98 Å². The molecule has 0 spiro atoms. The predicted octanol–water partition coefficient (Wildman–Crippen LogP) is 6.29. The Bertz CT molecular complexity index is 667. The van der Waals surface area contributed by atoms with E-state index in [0.29, 0.717) is 17.1 Å². The van der Waals surface area contributed by atoms with Crippen molar-refractivity contribution in [2.45, 2.75) is 66.7 Å². The van der Waals surface area contributed by atoms with Crippen LogP contribution in [0.4, 0.5) is 0 Å². The second kappa shape index (κ2) is 6.51. The van der Waals surface area contributed by atoms with Gasteiger partial charge < -0.3 is 5.11 Å². The third-order valence-corrected chi connectivity index (χ3v) is 4.52. The molecular formula is C21H31NO. The number of nitrogens with zero attached hydrogens (tertiary/aromatic N) is 1. The maximum absolute atomic E-state index is 10.7. The Morgan fingerprint density at radius 3 is 2.39 bits per heavy atom. The average Bonchev–Trinajstić information content (AvgIpc) is 2.43. The summed E-state index contributed by atoms with van der Waals surface area (Å²) < 4.78 is 0. The molecule has 0 radical (unpaired) electrons. The van der Waals surface area contributed by atoms with Crippen molar-refractivity contribution in [3.05, 3.63) is 36.0 Å². The van der Waals surface area contributed by atoms with Gasteiger partial charge in [-0.1, -0.05) is 59.7 Å². The van der Waals surface area contributed by atoms with Gasteiger partial charge in [0.05, 0.1) is 0 Å². The van der Waals surface area contributed by atoms with Crippen LogP contribution in [0.5, 0.6) is 5.75 Å². The van der Waals surface area contributed by atoms with Crippen molar-refractivity contribution in [2.24, 2.45) is 10.8 Å². The number of benzene rings is 1. The number of aromatic nitrogens is 1. The first kappa shape index (κ1) is 17.8. The molecule has 2 heteroatoms. The first-order valence-electron chi connectivity index (χ1n) is 8.69. The molecule has 1 N–H and O–H groups in total. The van der Waals surface area contributed by atoms with Gasteiger partial charge in [-0.15, -0.1) is 0 Å². The molecule has 0 amide bonds. The van der Waals surface area contributed by atoms with Crippen LogP contribution >= 0.6 is 0 Å². The standard InChI is InChI=1S/C21H31NO/c1-7-15(13-21(5,6)14-20(2,3)4)17-11-10-16-9-8-12-22-18(16)19(17)23/h8-12,15,23H,7,13-14H2,1-6H3. The van der Waals surface area contributed by atoms with Crippen LogP contribution in [0.15, 0.2) is 30.5 Å². The molecule has 0 aliphatic rings. The zero-order valence-electron chi connectivity index (χ0n) is 15.5. The molecule has 1 unspecified atom stereocenters. The Morgan fingerprint density at radius 1 is 1.09 bits per heavy atom. The van der Waals surface area contributed by atoms with Crippen molar-refractivity contribution in [1.29, 1.82) is 0 Å². The predicted molar refractivity (Wildman–Crippen MR) is 98.9 cm³/mol. The van der Waals surface area contributed by atoms with E-state index in [1.807, 2.05) is 12.1 Å².